The van der Waals surface area contributed by atoms with Gasteiger partial charge in [0.25, 0.3) is 0 Å². The van der Waals surface area contributed by atoms with Gasteiger partial charge in [0.2, 0.25) is 0 Å². The van der Waals surface area contributed by atoms with Crippen LogP contribution in [0.2, 0.25) is 0 Å². The van der Waals surface area contributed by atoms with Crippen molar-refractivity contribution in [1.82, 2.24) is 0 Å². The third-order valence-corrected chi connectivity index (χ3v) is 4.20. The van der Waals surface area contributed by atoms with Crippen LogP contribution in [0.4, 0.5) is 0 Å². The fourth-order valence-electron chi connectivity index (χ4n) is 1.21. The second kappa shape index (κ2) is 8.33. The van der Waals surface area contributed by atoms with Crippen molar-refractivity contribution in [2.75, 3.05) is 19.5 Å². The largest absolute Gasteiger partial charge is 0.478 e. The zero-order valence-electron chi connectivity index (χ0n) is 9.72. The molecule has 0 saturated heterocycles. The molecule has 3 nitrogen and oxygen atoms in total. The average molecular weight is 272 g/mol. The molecule has 0 saturated carbocycles. The van der Waals surface area contributed by atoms with Crippen LogP contribution in [-0.4, -0.2) is 30.5 Å². The van der Waals surface area contributed by atoms with E-state index < -0.39 is 5.97 Å². The number of carboxylic acids is 1. The molecule has 1 heterocycles. The summed E-state index contributed by atoms with van der Waals surface area (Å²) in [6, 6.07) is 2.04. The second-order valence-electron chi connectivity index (χ2n) is 3.42. The van der Waals surface area contributed by atoms with Gasteiger partial charge >= 0.3 is 5.97 Å². The summed E-state index contributed by atoms with van der Waals surface area (Å²) in [6.07, 6.45) is 3.85. The lowest BCUT2D eigenvalue weighted by atomic mass is 10.3. The van der Waals surface area contributed by atoms with E-state index >= 15 is 0 Å². The van der Waals surface area contributed by atoms with Gasteiger partial charge in [0.15, 0.2) is 0 Å². The molecule has 0 spiro atoms. The summed E-state index contributed by atoms with van der Waals surface area (Å²) in [5.74, 6) is 1.16. The number of carbonyl (C=O) groups is 1. The smallest absolute Gasteiger partial charge is 0.328 e. The van der Waals surface area contributed by atoms with Crippen LogP contribution in [0, 0.1) is 0 Å². The first kappa shape index (κ1) is 14.3. The number of ether oxygens (including phenoxy) is 1. The van der Waals surface area contributed by atoms with Crippen LogP contribution in [0.5, 0.6) is 0 Å². The maximum absolute atomic E-state index is 10.4. The van der Waals surface area contributed by atoms with E-state index in [0.717, 1.165) is 36.2 Å². The van der Waals surface area contributed by atoms with Crippen LogP contribution in [0.3, 0.4) is 0 Å². The lowest BCUT2D eigenvalue weighted by molar-refractivity contribution is -0.131. The van der Waals surface area contributed by atoms with Crippen molar-refractivity contribution in [1.29, 1.82) is 0 Å². The molecule has 0 atom stereocenters. The van der Waals surface area contributed by atoms with Crippen molar-refractivity contribution < 1.29 is 14.6 Å². The number of methoxy groups -OCH3 is 1. The topological polar surface area (TPSA) is 46.5 Å². The third kappa shape index (κ3) is 6.51. The lowest BCUT2D eigenvalue weighted by Gasteiger charge is -1.98. The lowest BCUT2D eigenvalue weighted by Crippen LogP contribution is -1.90. The van der Waals surface area contributed by atoms with E-state index in [-0.39, 0.29) is 0 Å². The second-order valence-corrected chi connectivity index (χ2v) is 5.52. The van der Waals surface area contributed by atoms with Crippen LogP contribution in [0.25, 0.3) is 6.08 Å². The maximum atomic E-state index is 10.4. The van der Waals surface area contributed by atoms with Crippen molar-refractivity contribution in [2.45, 2.75) is 12.2 Å². The van der Waals surface area contributed by atoms with E-state index in [9.17, 15) is 4.79 Å². The summed E-state index contributed by atoms with van der Waals surface area (Å²) >= 11 is 3.54. The first-order chi connectivity index (χ1) is 8.22. The minimum absolute atomic E-state index is 0.810. The van der Waals surface area contributed by atoms with E-state index in [1.54, 1.807) is 24.5 Å². The van der Waals surface area contributed by atoms with Crippen LogP contribution in [0.15, 0.2) is 17.5 Å². The summed E-state index contributed by atoms with van der Waals surface area (Å²) in [5, 5.41) is 10.5. The van der Waals surface area contributed by atoms with Crippen LogP contribution in [-0.2, 0) is 15.3 Å². The van der Waals surface area contributed by atoms with Crippen molar-refractivity contribution in [3.8, 4) is 0 Å². The molecule has 1 aromatic rings. The molecule has 1 rings (SSSR count). The van der Waals surface area contributed by atoms with Crippen molar-refractivity contribution in [3.05, 3.63) is 28.0 Å². The fraction of sp³-hybridized carbons (Fsp3) is 0.417. The van der Waals surface area contributed by atoms with Gasteiger partial charge in [-0.05, 0) is 35.3 Å². The molecule has 0 bridgehead atoms. The van der Waals surface area contributed by atoms with E-state index in [1.165, 1.54) is 4.88 Å². The maximum Gasteiger partial charge on any atom is 0.328 e. The Morgan fingerprint density at radius 3 is 3.18 bits per heavy atom. The first-order valence-electron chi connectivity index (χ1n) is 5.27. The average Bonchev–Trinajstić information content (AvgIpc) is 2.74. The van der Waals surface area contributed by atoms with Crippen LogP contribution >= 0.6 is 23.1 Å². The summed E-state index contributed by atoms with van der Waals surface area (Å²) in [5.41, 5.74) is 0.963. The Bertz CT molecular complexity index is 372. The zero-order chi connectivity index (χ0) is 12.5. The van der Waals surface area contributed by atoms with Gasteiger partial charge in [-0.25, -0.2) is 4.79 Å². The monoisotopic (exact) mass is 272 g/mol. The molecular weight excluding hydrogens is 256 g/mol. The number of aliphatic carboxylic acids is 1. The Hall–Kier alpha value is -0.780. The Kier molecular flexibility index (Phi) is 7.00. The molecule has 0 fully saturated rings. The SMILES string of the molecule is COCCCSCc1cc(C=CC(=O)O)cs1. The van der Waals surface area contributed by atoms with E-state index in [0.29, 0.717) is 0 Å². The normalized spacial score (nSPS) is 11.1. The molecule has 0 aliphatic carbocycles. The number of hydrogen-bond acceptors (Lipinski definition) is 4. The minimum atomic E-state index is -0.910. The summed E-state index contributed by atoms with van der Waals surface area (Å²) in [4.78, 5) is 11.6. The number of hydrogen-bond donors (Lipinski definition) is 1. The summed E-state index contributed by atoms with van der Waals surface area (Å²) in [6.45, 7) is 0.810. The highest BCUT2D eigenvalue weighted by Gasteiger charge is 1.98. The van der Waals surface area contributed by atoms with Gasteiger partial charge in [-0.2, -0.15) is 11.8 Å². The van der Waals surface area contributed by atoms with E-state index in [4.69, 9.17) is 9.84 Å². The highest BCUT2D eigenvalue weighted by molar-refractivity contribution is 7.98. The molecule has 5 heteroatoms. The molecule has 0 radical (unpaired) electrons. The predicted molar refractivity (Wildman–Crippen MR) is 73.6 cm³/mol. The number of thioether (sulfide) groups is 1. The quantitative estimate of drug-likeness (QED) is 0.583. The third-order valence-electron chi connectivity index (χ3n) is 1.97. The molecule has 0 amide bonds. The van der Waals surface area contributed by atoms with Gasteiger partial charge in [0, 0.05) is 30.4 Å². The molecule has 94 valence electrons. The Labute approximate surface area is 109 Å². The summed E-state index contributed by atoms with van der Waals surface area (Å²) < 4.78 is 4.98. The van der Waals surface area contributed by atoms with Crippen molar-refractivity contribution in [3.63, 3.8) is 0 Å². The van der Waals surface area contributed by atoms with Gasteiger partial charge in [0.1, 0.15) is 0 Å². The highest BCUT2D eigenvalue weighted by atomic mass is 32.2. The summed E-state index contributed by atoms with van der Waals surface area (Å²) in [7, 11) is 1.71. The zero-order valence-corrected chi connectivity index (χ0v) is 11.4. The predicted octanol–water partition coefficient (Wildman–Crippen LogP) is 3.12. The first-order valence-corrected chi connectivity index (χ1v) is 7.31. The van der Waals surface area contributed by atoms with E-state index in [2.05, 4.69) is 0 Å². The molecule has 0 unspecified atom stereocenters. The van der Waals surface area contributed by atoms with Crippen LogP contribution in [0.1, 0.15) is 16.9 Å². The van der Waals surface area contributed by atoms with E-state index in [1.807, 2.05) is 23.2 Å². The van der Waals surface area contributed by atoms with Gasteiger partial charge < -0.3 is 9.84 Å². The molecule has 0 aromatic carbocycles. The standard InChI is InChI=1S/C12H16O3S2/c1-15-5-2-6-16-9-11-7-10(8-17-11)3-4-12(13)14/h3-4,7-8H,2,5-6,9H2,1H3,(H,13,14). The van der Waals surface area contributed by atoms with Crippen molar-refractivity contribution in [2.24, 2.45) is 0 Å². The molecule has 1 aromatic heterocycles. The molecular formula is C12H16O3S2. The molecule has 17 heavy (non-hydrogen) atoms. The number of rotatable bonds is 8. The number of carboxylic acid groups (broad SMARTS) is 1. The van der Waals surface area contributed by atoms with Gasteiger partial charge in [-0.3, -0.25) is 0 Å². The minimum Gasteiger partial charge on any atom is -0.478 e. The molecule has 1 N–H and O–H groups in total. The fourth-order valence-corrected chi connectivity index (χ4v) is 3.12. The van der Waals surface area contributed by atoms with Gasteiger partial charge in [-0.15, -0.1) is 11.3 Å². The Morgan fingerprint density at radius 2 is 2.47 bits per heavy atom. The van der Waals surface area contributed by atoms with Crippen LogP contribution < -0.4 is 0 Å². The van der Waals surface area contributed by atoms with Crippen molar-refractivity contribution >= 4 is 35.1 Å². The Balaban J connectivity index is 2.28. The Morgan fingerprint density at radius 1 is 1.65 bits per heavy atom. The van der Waals surface area contributed by atoms with Gasteiger partial charge in [0.05, 0.1) is 0 Å². The molecule has 0 aliphatic heterocycles. The molecule has 0 aliphatic rings. The van der Waals surface area contributed by atoms with Gasteiger partial charge in [-0.1, -0.05) is 0 Å². The number of thiophene rings is 1. The highest BCUT2D eigenvalue weighted by Crippen LogP contribution is 2.21.